The van der Waals surface area contributed by atoms with E-state index in [9.17, 15) is 43.2 Å². The first-order chi connectivity index (χ1) is 49.8. The molecule has 0 aromatic heterocycles. The summed E-state index contributed by atoms with van der Waals surface area (Å²) in [7, 11) is -9.94. The van der Waals surface area contributed by atoms with Crippen molar-refractivity contribution in [3.8, 4) is 0 Å². The Hall–Kier alpha value is -2.46. The van der Waals surface area contributed by atoms with Crippen molar-refractivity contribution in [2.45, 2.75) is 433 Å². The van der Waals surface area contributed by atoms with E-state index in [0.29, 0.717) is 25.7 Å². The number of hydrogen-bond donors (Lipinski definition) is 3. The van der Waals surface area contributed by atoms with Crippen molar-refractivity contribution in [3.63, 3.8) is 0 Å². The van der Waals surface area contributed by atoms with Crippen LogP contribution in [0, 0.1) is 17.8 Å². The Morgan fingerprint density at radius 2 is 0.573 bits per heavy atom. The number of phosphoric ester groups is 2. The molecule has 6 atom stereocenters. The molecule has 0 aliphatic rings. The predicted octanol–water partition coefficient (Wildman–Crippen LogP) is 24.9. The molecule has 0 amide bonds. The quantitative estimate of drug-likeness (QED) is 0.0169. The summed E-state index contributed by atoms with van der Waals surface area (Å²) in [5.41, 5.74) is 0. The standard InChI is InChI=1S/C84H160O17P2/c1-8-10-11-12-13-14-15-16-21-29-34-39-44-53-60-67-83(88)100-79(71-94-81(86)65-58-51-43-38-33-28-24-19-17-22-26-31-36-41-48-55-62-75(3)4)73-98-102(90,91)96-69-78(85)70-97-103(92,93)99-74-80(72-95-82(87)66-59-52-47-46-50-57-64-77(7)9-2)101-84(89)68-61-54-45-40-35-30-25-20-18-23-27-32-37-42-49-56-63-76(5)6/h14-16,21,75-80,85H,8-13,17-20,22-74H2,1-7H3,(H,90,91)(H,92,93)/b15-14-,21-16-/t77?,78-,79-,80-/m1/s1. The third kappa shape index (κ3) is 76.1. The highest BCUT2D eigenvalue weighted by molar-refractivity contribution is 7.47. The summed E-state index contributed by atoms with van der Waals surface area (Å²) in [4.78, 5) is 73.1. The van der Waals surface area contributed by atoms with Gasteiger partial charge in [-0.05, 0) is 69.1 Å². The van der Waals surface area contributed by atoms with Crippen molar-refractivity contribution >= 4 is 39.5 Å². The van der Waals surface area contributed by atoms with Gasteiger partial charge in [-0.25, -0.2) is 9.13 Å². The molecule has 0 fully saturated rings. The predicted molar refractivity (Wildman–Crippen MR) is 423 cm³/mol. The highest BCUT2D eigenvalue weighted by Crippen LogP contribution is 2.45. The number of carbonyl (C=O) groups excluding carboxylic acids is 4. The van der Waals surface area contributed by atoms with E-state index in [4.69, 9.17) is 37.0 Å². The first-order valence-electron chi connectivity index (χ1n) is 42.7. The van der Waals surface area contributed by atoms with Crippen LogP contribution >= 0.6 is 15.6 Å². The zero-order valence-electron chi connectivity index (χ0n) is 67.3. The smallest absolute Gasteiger partial charge is 0.462 e. The van der Waals surface area contributed by atoms with Gasteiger partial charge in [0.25, 0.3) is 0 Å². The van der Waals surface area contributed by atoms with Gasteiger partial charge in [-0.2, -0.15) is 0 Å². The van der Waals surface area contributed by atoms with Gasteiger partial charge in [0.05, 0.1) is 26.4 Å². The number of carbonyl (C=O) groups is 4. The Kier molecular flexibility index (Phi) is 71.9. The van der Waals surface area contributed by atoms with Crippen molar-refractivity contribution in [3.05, 3.63) is 24.3 Å². The molecule has 19 heteroatoms. The number of hydrogen-bond acceptors (Lipinski definition) is 15. The summed E-state index contributed by atoms with van der Waals surface area (Å²) in [6, 6.07) is 0. The van der Waals surface area contributed by atoms with Gasteiger partial charge in [-0.15, -0.1) is 0 Å². The summed E-state index contributed by atoms with van der Waals surface area (Å²) in [5.74, 6) is 0.209. The van der Waals surface area contributed by atoms with E-state index in [1.165, 1.54) is 205 Å². The van der Waals surface area contributed by atoms with Crippen LogP contribution in [0.2, 0.25) is 0 Å². The molecule has 0 aliphatic heterocycles. The van der Waals surface area contributed by atoms with Crippen LogP contribution in [0.4, 0.5) is 0 Å². The van der Waals surface area contributed by atoms with E-state index in [2.05, 4.69) is 72.8 Å². The minimum absolute atomic E-state index is 0.0852. The van der Waals surface area contributed by atoms with Gasteiger partial charge in [0.2, 0.25) is 0 Å². The Balaban J connectivity index is 5.25. The van der Waals surface area contributed by atoms with Crippen molar-refractivity contribution in [2.75, 3.05) is 39.6 Å². The Labute approximate surface area is 631 Å². The molecule has 17 nitrogen and oxygen atoms in total. The molecule has 0 aliphatic carbocycles. The molecule has 0 saturated carbocycles. The lowest BCUT2D eigenvalue weighted by Crippen LogP contribution is -2.30. The molecular formula is C84H160O17P2. The molecule has 3 unspecified atom stereocenters. The normalized spacial score (nSPS) is 14.3. The monoisotopic (exact) mass is 1500 g/mol. The summed E-state index contributed by atoms with van der Waals surface area (Å²) in [6.45, 7) is 11.9. The van der Waals surface area contributed by atoms with E-state index < -0.39 is 97.5 Å². The number of allylic oxidation sites excluding steroid dienone is 4. The van der Waals surface area contributed by atoms with Crippen molar-refractivity contribution in [1.29, 1.82) is 0 Å². The number of phosphoric acid groups is 2. The lowest BCUT2D eigenvalue weighted by molar-refractivity contribution is -0.161. The summed E-state index contributed by atoms with van der Waals surface area (Å²) in [6.07, 6.45) is 66.1. The average Bonchev–Trinajstić information content (AvgIpc) is 0.912. The number of aliphatic hydroxyl groups is 1. The Bertz CT molecular complexity index is 2090. The molecule has 0 rings (SSSR count). The first-order valence-corrected chi connectivity index (χ1v) is 45.7. The van der Waals surface area contributed by atoms with Gasteiger partial charge in [0.15, 0.2) is 12.2 Å². The summed E-state index contributed by atoms with van der Waals surface area (Å²) in [5, 5.41) is 10.7. The lowest BCUT2D eigenvalue weighted by atomic mass is 10.00. The topological polar surface area (TPSA) is 237 Å². The van der Waals surface area contributed by atoms with Crippen molar-refractivity contribution in [2.24, 2.45) is 17.8 Å². The van der Waals surface area contributed by atoms with E-state index >= 15 is 0 Å². The largest absolute Gasteiger partial charge is 0.472 e. The fourth-order valence-corrected chi connectivity index (χ4v) is 14.0. The lowest BCUT2D eigenvalue weighted by Gasteiger charge is -2.21. The second kappa shape index (κ2) is 73.7. The third-order valence-corrected chi connectivity index (χ3v) is 21.3. The minimum atomic E-state index is -4.97. The zero-order valence-corrected chi connectivity index (χ0v) is 69.1. The minimum Gasteiger partial charge on any atom is -0.462 e. The average molecular weight is 1500 g/mol. The number of aliphatic hydroxyl groups excluding tert-OH is 1. The first kappa shape index (κ1) is 101. The summed E-state index contributed by atoms with van der Waals surface area (Å²) >= 11 is 0. The zero-order chi connectivity index (χ0) is 75.8. The number of ether oxygens (including phenoxy) is 4. The van der Waals surface area contributed by atoms with Crippen LogP contribution < -0.4 is 0 Å². The number of rotatable bonds is 80. The van der Waals surface area contributed by atoms with E-state index in [1.807, 2.05) is 0 Å². The fourth-order valence-electron chi connectivity index (χ4n) is 12.4. The molecule has 0 saturated heterocycles. The second-order valence-electron chi connectivity index (χ2n) is 30.7. The van der Waals surface area contributed by atoms with Crippen LogP contribution in [0.15, 0.2) is 24.3 Å². The Morgan fingerprint density at radius 3 is 0.864 bits per heavy atom. The molecule has 0 spiro atoms. The van der Waals surface area contributed by atoms with E-state index in [-0.39, 0.29) is 25.7 Å². The maximum atomic E-state index is 13.1. The summed E-state index contributed by atoms with van der Waals surface area (Å²) < 4.78 is 68.8. The van der Waals surface area contributed by atoms with Crippen LogP contribution in [0.3, 0.4) is 0 Å². The molecule has 608 valence electrons. The van der Waals surface area contributed by atoms with Gasteiger partial charge in [-0.1, -0.05) is 362 Å². The maximum absolute atomic E-state index is 13.1. The molecule has 103 heavy (non-hydrogen) atoms. The van der Waals surface area contributed by atoms with Crippen molar-refractivity contribution < 1.29 is 80.2 Å². The molecular weight excluding hydrogens is 1340 g/mol. The van der Waals surface area contributed by atoms with E-state index in [1.54, 1.807) is 0 Å². The van der Waals surface area contributed by atoms with Crippen molar-refractivity contribution in [1.82, 2.24) is 0 Å². The number of esters is 4. The molecule has 0 aromatic rings. The van der Waals surface area contributed by atoms with Crippen LogP contribution in [0.25, 0.3) is 0 Å². The number of unbranched alkanes of at least 4 members (excludes halogenated alkanes) is 44. The van der Waals surface area contributed by atoms with Gasteiger partial charge >= 0.3 is 39.5 Å². The van der Waals surface area contributed by atoms with Gasteiger partial charge in [0, 0.05) is 25.7 Å². The molecule has 0 heterocycles. The Morgan fingerprint density at radius 1 is 0.320 bits per heavy atom. The maximum Gasteiger partial charge on any atom is 0.472 e. The molecule has 0 radical (unpaired) electrons. The van der Waals surface area contributed by atoms with Gasteiger partial charge in [-0.3, -0.25) is 37.3 Å². The second-order valence-corrected chi connectivity index (χ2v) is 33.6. The van der Waals surface area contributed by atoms with Crippen LogP contribution in [-0.2, 0) is 65.4 Å². The SMILES string of the molecule is CCCCCC/C=C\C=C/CCCCCCCC(=O)O[C@H](COC(=O)CCCCCCCCCCCCCCCCCCC(C)C)COP(=O)(O)OC[C@@H](O)COP(=O)(O)OC[C@@H](COC(=O)CCCCCCCCC(C)CC)OC(=O)CCCCCCCCCCCCCCCCCCC(C)C. The highest BCUT2D eigenvalue weighted by atomic mass is 31.2. The molecule has 3 N–H and O–H groups in total. The third-order valence-electron chi connectivity index (χ3n) is 19.4. The van der Waals surface area contributed by atoms with Gasteiger partial charge < -0.3 is 33.8 Å². The molecule has 0 bridgehead atoms. The van der Waals surface area contributed by atoms with Crippen LogP contribution in [0.1, 0.15) is 414 Å². The highest BCUT2D eigenvalue weighted by Gasteiger charge is 2.30. The van der Waals surface area contributed by atoms with Crippen LogP contribution in [0.5, 0.6) is 0 Å². The van der Waals surface area contributed by atoms with Crippen LogP contribution in [-0.4, -0.2) is 96.7 Å². The van der Waals surface area contributed by atoms with E-state index in [0.717, 1.165) is 127 Å². The van der Waals surface area contributed by atoms with Gasteiger partial charge in [0.1, 0.15) is 19.3 Å². The fraction of sp³-hybridized carbons (Fsp3) is 0.905. The molecule has 0 aromatic carbocycles.